The molecule has 0 fully saturated rings. The molecule has 0 aromatic rings. The molecule has 0 saturated heterocycles. The first-order chi connectivity index (χ1) is 5.70. The topological polar surface area (TPSA) is 76.7 Å². The Bertz CT molecular complexity index is 142. The number of amides is 2. The molecule has 0 aliphatic heterocycles. The highest BCUT2D eigenvalue weighted by Gasteiger charge is 2.03. The second kappa shape index (κ2) is 6.26. The smallest absolute Gasteiger partial charge is 0.440 e. The third-order valence-electron chi connectivity index (χ3n) is 0.824. The Morgan fingerprint density at radius 3 is 2.42 bits per heavy atom. The lowest BCUT2D eigenvalue weighted by Gasteiger charge is -2.04. The van der Waals surface area contributed by atoms with E-state index in [9.17, 15) is 9.59 Å². The van der Waals surface area contributed by atoms with Gasteiger partial charge in [-0.1, -0.05) is 0 Å². The molecule has 0 rings (SSSR count). The van der Waals surface area contributed by atoms with Gasteiger partial charge in [-0.3, -0.25) is 0 Å². The number of hydroxylamine groups is 1. The zero-order valence-electron chi connectivity index (χ0n) is 7.05. The molecule has 0 heterocycles. The molecular weight excluding hydrogens is 164 g/mol. The molecule has 0 aliphatic carbocycles. The minimum atomic E-state index is -0.788. The largest absolute Gasteiger partial charge is 0.448 e. The second-order valence-corrected chi connectivity index (χ2v) is 1.74. The minimum absolute atomic E-state index is 0.227. The van der Waals surface area contributed by atoms with Gasteiger partial charge < -0.3 is 14.9 Å². The molecule has 0 unspecified atom stereocenters. The van der Waals surface area contributed by atoms with E-state index < -0.39 is 12.2 Å². The summed E-state index contributed by atoms with van der Waals surface area (Å²) in [6.45, 7) is 4.03. The third-order valence-corrected chi connectivity index (χ3v) is 0.824. The van der Waals surface area contributed by atoms with E-state index in [1.807, 2.05) is 0 Å². The highest BCUT2D eigenvalue weighted by molar-refractivity contribution is 5.71. The maximum atomic E-state index is 10.5. The fourth-order valence-corrected chi connectivity index (χ4v) is 0.429. The van der Waals surface area contributed by atoms with Crippen molar-refractivity contribution in [1.29, 1.82) is 0 Å². The number of hydrogen-bond donors (Lipinski definition) is 2. The fraction of sp³-hybridized carbons (Fsp3) is 0.667. The van der Waals surface area contributed by atoms with Gasteiger partial charge in [0.2, 0.25) is 0 Å². The molecule has 0 aromatic carbocycles. The van der Waals surface area contributed by atoms with Gasteiger partial charge in [0.25, 0.3) is 0 Å². The van der Waals surface area contributed by atoms with Crippen LogP contribution in [0.4, 0.5) is 9.59 Å². The first-order valence-electron chi connectivity index (χ1n) is 3.58. The summed E-state index contributed by atoms with van der Waals surface area (Å²) in [5.74, 6) is 0. The number of carbonyl (C=O) groups excluding carboxylic acids is 2. The first-order valence-corrected chi connectivity index (χ1v) is 3.58. The molecule has 12 heavy (non-hydrogen) atoms. The Morgan fingerprint density at radius 2 is 1.92 bits per heavy atom. The van der Waals surface area contributed by atoms with E-state index in [-0.39, 0.29) is 6.61 Å². The van der Waals surface area contributed by atoms with Crippen molar-refractivity contribution in [3.05, 3.63) is 0 Å². The normalized spacial score (nSPS) is 8.50. The van der Waals surface area contributed by atoms with Crippen molar-refractivity contribution in [3.63, 3.8) is 0 Å². The maximum Gasteiger partial charge on any atom is 0.440 e. The molecule has 70 valence electrons. The lowest BCUT2D eigenvalue weighted by atomic mass is 10.8. The van der Waals surface area contributed by atoms with E-state index in [0.717, 1.165) is 0 Å². The summed E-state index contributed by atoms with van der Waals surface area (Å²) in [6, 6.07) is 0. The number of hydrogen-bond acceptors (Lipinski definition) is 4. The van der Waals surface area contributed by atoms with Crippen LogP contribution in [0.25, 0.3) is 0 Å². The quantitative estimate of drug-likeness (QED) is 0.597. The van der Waals surface area contributed by atoms with Crippen molar-refractivity contribution in [2.45, 2.75) is 13.8 Å². The van der Waals surface area contributed by atoms with E-state index in [2.05, 4.69) is 14.9 Å². The lowest BCUT2D eigenvalue weighted by Crippen LogP contribution is -2.33. The van der Waals surface area contributed by atoms with Crippen molar-refractivity contribution in [3.8, 4) is 0 Å². The minimum Gasteiger partial charge on any atom is -0.448 e. The first kappa shape index (κ1) is 10.5. The van der Waals surface area contributed by atoms with Gasteiger partial charge in [-0.2, -0.15) is 0 Å². The van der Waals surface area contributed by atoms with Gasteiger partial charge in [-0.05, 0) is 13.8 Å². The molecule has 0 atom stereocenters. The van der Waals surface area contributed by atoms with Crippen LogP contribution >= 0.6 is 0 Å². The zero-order valence-corrected chi connectivity index (χ0v) is 7.05. The number of ether oxygens (including phenoxy) is 1. The number of nitrogens with one attached hydrogen (secondary N) is 2. The molecule has 6 nitrogen and oxygen atoms in total. The fourth-order valence-electron chi connectivity index (χ4n) is 0.429. The summed E-state index contributed by atoms with van der Waals surface area (Å²) in [4.78, 5) is 25.3. The SMILES string of the molecule is CCNC(=O)ONC(=O)OCC. The highest BCUT2D eigenvalue weighted by atomic mass is 16.7. The molecule has 0 radical (unpaired) electrons. The molecule has 0 spiro atoms. The summed E-state index contributed by atoms with van der Waals surface area (Å²) < 4.78 is 4.42. The van der Waals surface area contributed by atoms with Gasteiger partial charge in [-0.15, -0.1) is 5.48 Å². The van der Waals surface area contributed by atoms with E-state index >= 15 is 0 Å². The summed E-state index contributed by atoms with van der Waals surface area (Å²) >= 11 is 0. The lowest BCUT2D eigenvalue weighted by molar-refractivity contribution is 0.0657. The van der Waals surface area contributed by atoms with Crippen LogP contribution in [-0.2, 0) is 9.57 Å². The molecule has 2 amide bonds. The predicted molar refractivity (Wildman–Crippen MR) is 40.3 cm³/mol. The predicted octanol–water partition coefficient (Wildman–Crippen LogP) is 0.394. The molecule has 2 N–H and O–H groups in total. The van der Waals surface area contributed by atoms with Crippen LogP contribution in [0, 0.1) is 0 Å². The molecule has 0 saturated carbocycles. The average Bonchev–Trinajstić information content (AvgIpc) is 2.02. The molecule has 6 heteroatoms. The van der Waals surface area contributed by atoms with Gasteiger partial charge >= 0.3 is 12.2 Å². The van der Waals surface area contributed by atoms with Crippen LogP contribution in [0.1, 0.15) is 13.8 Å². The van der Waals surface area contributed by atoms with Crippen LogP contribution in [0.5, 0.6) is 0 Å². The molecule has 0 aromatic heterocycles. The maximum absolute atomic E-state index is 10.5. The van der Waals surface area contributed by atoms with E-state index in [4.69, 9.17) is 0 Å². The summed E-state index contributed by atoms with van der Waals surface area (Å²) in [7, 11) is 0. The van der Waals surface area contributed by atoms with Gasteiger partial charge in [-0.25, -0.2) is 9.59 Å². The van der Waals surface area contributed by atoms with Crippen LogP contribution in [0.2, 0.25) is 0 Å². The number of carbonyl (C=O) groups is 2. The van der Waals surface area contributed by atoms with Crippen LogP contribution in [0.3, 0.4) is 0 Å². The van der Waals surface area contributed by atoms with Crippen molar-refractivity contribution in [2.24, 2.45) is 0 Å². The van der Waals surface area contributed by atoms with Crippen molar-refractivity contribution in [2.75, 3.05) is 13.2 Å². The monoisotopic (exact) mass is 176 g/mol. The van der Waals surface area contributed by atoms with E-state index in [1.54, 1.807) is 19.3 Å². The Hall–Kier alpha value is -1.46. The van der Waals surface area contributed by atoms with Crippen LogP contribution < -0.4 is 10.8 Å². The third kappa shape index (κ3) is 5.33. The van der Waals surface area contributed by atoms with E-state index in [0.29, 0.717) is 6.54 Å². The highest BCUT2D eigenvalue weighted by Crippen LogP contribution is 1.77. The van der Waals surface area contributed by atoms with Gasteiger partial charge in [0.1, 0.15) is 0 Å². The number of rotatable bonds is 2. The molecule has 0 aliphatic rings. The van der Waals surface area contributed by atoms with Crippen molar-refractivity contribution >= 4 is 12.2 Å². The van der Waals surface area contributed by atoms with Gasteiger partial charge in [0, 0.05) is 6.54 Å². The Morgan fingerprint density at radius 1 is 1.25 bits per heavy atom. The van der Waals surface area contributed by atoms with Crippen LogP contribution in [-0.4, -0.2) is 25.3 Å². The second-order valence-electron chi connectivity index (χ2n) is 1.74. The van der Waals surface area contributed by atoms with Crippen LogP contribution in [0.15, 0.2) is 0 Å². The molecule has 0 bridgehead atoms. The standard InChI is InChI=1S/C6H12N2O4/c1-3-7-5(9)12-8-6(10)11-4-2/h3-4H2,1-2H3,(H,7,9)(H,8,10). The Kier molecular flexibility index (Phi) is 5.50. The molecular formula is C6H12N2O4. The van der Waals surface area contributed by atoms with Gasteiger partial charge in [0.05, 0.1) is 6.61 Å². The zero-order chi connectivity index (χ0) is 9.40. The summed E-state index contributed by atoms with van der Waals surface area (Å²) in [5, 5.41) is 2.31. The summed E-state index contributed by atoms with van der Waals surface area (Å²) in [5.41, 5.74) is 1.79. The van der Waals surface area contributed by atoms with Crippen molar-refractivity contribution in [1.82, 2.24) is 10.8 Å². The van der Waals surface area contributed by atoms with E-state index in [1.165, 1.54) is 0 Å². The van der Waals surface area contributed by atoms with Gasteiger partial charge in [0.15, 0.2) is 0 Å². The average molecular weight is 176 g/mol. The Labute approximate surface area is 70.2 Å². The van der Waals surface area contributed by atoms with Crippen molar-refractivity contribution < 1.29 is 19.2 Å². The summed E-state index contributed by atoms with van der Waals surface area (Å²) in [6.07, 6.45) is -1.51. The Balaban J connectivity index is 3.40.